The van der Waals surface area contributed by atoms with Gasteiger partial charge in [0.05, 0.1) is 13.0 Å². The van der Waals surface area contributed by atoms with Crippen LogP contribution in [0, 0.1) is 11.8 Å². The number of carbonyl (C=O) groups is 1. The summed E-state index contributed by atoms with van der Waals surface area (Å²) in [5.74, 6) is 2.02. The number of amides is 1. The molecule has 21 heavy (non-hydrogen) atoms. The van der Waals surface area contributed by atoms with E-state index in [9.17, 15) is 4.79 Å². The first-order valence-electron chi connectivity index (χ1n) is 7.80. The molecule has 2 unspecified atom stereocenters. The van der Waals surface area contributed by atoms with Crippen molar-refractivity contribution in [2.45, 2.75) is 45.6 Å². The number of nitrogens with one attached hydrogen (secondary N) is 1. The lowest BCUT2D eigenvalue weighted by Crippen LogP contribution is -2.30. The number of hydrogen-bond acceptors (Lipinski definition) is 3. The van der Waals surface area contributed by atoms with Gasteiger partial charge in [-0.2, -0.15) is 0 Å². The summed E-state index contributed by atoms with van der Waals surface area (Å²) in [7, 11) is 0. The number of benzene rings is 1. The Morgan fingerprint density at radius 3 is 2.38 bits per heavy atom. The van der Waals surface area contributed by atoms with Gasteiger partial charge in [-0.25, -0.2) is 0 Å². The Bertz CT molecular complexity index is 448. The number of carbonyl (C=O) groups excluding carboxylic acids is 1. The van der Waals surface area contributed by atoms with Crippen molar-refractivity contribution in [3.8, 4) is 5.75 Å². The van der Waals surface area contributed by atoms with Crippen LogP contribution in [0.5, 0.6) is 5.75 Å². The highest BCUT2D eigenvalue weighted by Gasteiger charge is 2.23. The highest BCUT2D eigenvalue weighted by atomic mass is 16.5. The number of anilines is 1. The van der Waals surface area contributed by atoms with Gasteiger partial charge in [-0.3, -0.25) is 4.79 Å². The van der Waals surface area contributed by atoms with E-state index in [-0.39, 0.29) is 12.3 Å². The molecule has 0 heterocycles. The van der Waals surface area contributed by atoms with Crippen LogP contribution in [0.15, 0.2) is 24.3 Å². The number of ether oxygens (including phenoxy) is 1. The van der Waals surface area contributed by atoms with Crippen molar-refractivity contribution in [1.29, 1.82) is 0 Å². The van der Waals surface area contributed by atoms with E-state index in [1.54, 1.807) is 0 Å². The molecule has 1 amide bonds. The van der Waals surface area contributed by atoms with Crippen molar-refractivity contribution < 1.29 is 9.53 Å². The van der Waals surface area contributed by atoms with Gasteiger partial charge >= 0.3 is 0 Å². The van der Waals surface area contributed by atoms with E-state index >= 15 is 0 Å². The Hall–Kier alpha value is -1.71. The molecule has 1 saturated carbocycles. The first-order chi connectivity index (χ1) is 10.0. The van der Waals surface area contributed by atoms with Crippen molar-refractivity contribution in [2.75, 3.05) is 11.9 Å². The Labute approximate surface area is 127 Å². The number of primary amides is 1. The van der Waals surface area contributed by atoms with Gasteiger partial charge in [-0.05, 0) is 55.4 Å². The van der Waals surface area contributed by atoms with Crippen LogP contribution in [0.2, 0.25) is 0 Å². The normalized spacial score (nSPS) is 25.3. The SMILES string of the molecule is CC1CC(C)CC(Nc2ccc(OCCC(N)=O)cc2)C1. The van der Waals surface area contributed by atoms with Gasteiger partial charge < -0.3 is 15.8 Å². The predicted molar refractivity (Wildman–Crippen MR) is 85.3 cm³/mol. The third kappa shape index (κ3) is 5.29. The summed E-state index contributed by atoms with van der Waals surface area (Å²) in [6.07, 6.45) is 4.06. The summed E-state index contributed by atoms with van der Waals surface area (Å²) in [6, 6.07) is 8.48. The average Bonchev–Trinajstić information content (AvgIpc) is 2.39. The highest BCUT2D eigenvalue weighted by molar-refractivity contribution is 5.73. The Kier molecular flexibility index (Phi) is 5.48. The third-order valence-corrected chi connectivity index (χ3v) is 4.02. The fourth-order valence-corrected chi connectivity index (χ4v) is 3.22. The van der Waals surface area contributed by atoms with Crippen LogP contribution in [0.3, 0.4) is 0 Å². The first-order valence-corrected chi connectivity index (χ1v) is 7.80. The molecular weight excluding hydrogens is 264 g/mol. The second kappa shape index (κ2) is 7.34. The summed E-state index contributed by atoms with van der Waals surface area (Å²) >= 11 is 0. The summed E-state index contributed by atoms with van der Waals surface area (Å²) in [6.45, 7) is 5.00. The van der Waals surface area contributed by atoms with E-state index in [0.717, 1.165) is 23.3 Å². The monoisotopic (exact) mass is 290 g/mol. The molecule has 0 aromatic heterocycles. The van der Waals surface area contributed by atoms with E-state index in [0.29, 0.717) is 12.6 Å². The number of rotatable bonds is 6. The third-order valence-electron chi connectivity index (χ3n) is 4.02. The van der Waals surface area contributed by atoms with Crippen molar-refractivity contribution in [1.82, 2.24) is 0 Å². The van der Waals surface area contributed by atoms with Gasteiger partial charge in [-0.1, -0.05) is 13.8 Å². The minimum Gasteiger partial charge on any atom is -0.493 e. The maximum absolute atomic E-state index is 10.7. The van der Waals surface area contributed by atoms with Crippen LogP contribution in [0.25, 0.3) is 0 Å². The Morgan fingerprint density at radius 2 is 1.81 bits per heavy atom. The number of hydrogen-bond donors (Lipinski definition) is 2. The second-order valence-corrected chi connectivity index (χ2v) is 6.35. The van der Waals surface area contributed by atoms with Gasteiger partial charge in [0, 0.05) is 11.7 Å². The zero-order valence-corrected chi connectivity index (χ0v) is 13.0. The van der Waals surface area contributed by atoms with Crippen molar-refractivity contribution in [3.05, 3.63) is 24.3 Å². The minimum atomic E-state index is -0.339. The predicted octanol–water partition coefficient (Wildman–Crippen LogP) is 3.18. The molecule has 0 bridgehead atoms. The molecule has 1 fully saturated rings. The molecule has 0 spiro atoms. The van der Waals surface area contributed by atoms with Crippen molar-refractivity contribution in [3.63, 3.8) is 0 Å². The lowest BCUT2D eigenvalue weighted by Gasteiger charge is -2.32. The van der Waals surface area contributed by atoms with Crippen LogP contribution < -0.4 is 15.8 Å². The molecule has 1 aromatic carbocycles. The molecule has 1 aromatic rings. The summed E-state index contributed by atoms with van der Waals surface area (Å²) in [5, 5.41) is 3.61. The molecule has 4 heteroatoms. The molecule has 2 atom stereocenters. The van der Waals surface area contributed by atoms with Crippen molar-refractivity contribution >= 4 is 11.6 Å². The van der Waals surface area contributed by atoms with Gasteiger partial charge in [0.25, 0.3) is 0 Å². The van der Waals surface area contributed by atoms with Gasteiger partial charge in [0.15, 0.2) is 0 Å². The van der Waals surface area contributed by atoms with E-state index < -0.39 is 0 Å². The first kappa shape index (κ1) is 15.7. The summed E-state index contributed by atoms with van der Waals surface area (Å²) in [5.41, 5.74) is 6.21. The molecule has 1 aliphatic carbocycles. The van der Waals surface area contributed by atoms with Crippen LogP contribution in [-0.4, -0.2) is 18.6 Å². The van der Waals surface area contributed by atoms with Gasteiger partial charge in [-0.15, -0.1) is 0 Å². The highest BCUT2D eigenvalue weighted by Crippen LogP contribution is 2.30. The molecule has 0 saturated heterocycles. The van der Waals surface area contributed by atoms with Crippen LogP contribution in [0.4, 0.5) is 5.69 Å². The fourth-order valence-electron chi connectivity index (χ4n) is 3.22. The minimum absolute atomic E-state index is 0.248. The maximum Gasteiger partial charge on any atom is 0.220 e. The zero-order valence-electron chi connectivity index (χ0n) is 13.0. The van der Waals surface area contributed by atoms with E-state index in [4.69, 9.17) is 10.5 Å². The summed E-state index contributed by atoms with van der Waals surface area (Å²) in [4.78, 5) is 10.7. The Balaban J connectivity index is 1.83. The van der Waals surface area contributed by atoms with Crippen molar-refractivity contribution in [2.24, 2.45) is 17.6 Å². The molecule has 2 rings (SSSR count). The summed E-state index contributed by atoms with van der Waals surface area (Å²) < 4.78 is 5.47. The van der Waals surface area contributed by atoms with Crippen LogP contribution in [-0.2, 0) is 4.79 Å². The van der Waals surface area contributed by atoms with E-state index in [1.165, 1.54) is 19.3 Å². The molecule has 0 aliphatic heterocycles. The molecule has 4 nitrogen and oxygen atoms in total. The smallest absolute Gasteiger partial charge is 0.220 e. The molecule has 1 aliphatic rings. The van der Waals surface area contributed by atoms with Gasteiger partial charge in [0.2, 0.25) is 5.91 Å². The second-order valence-electron chi connectivity index (χ2n) is 6.35. The molecule has 0 radical (unpaired) electrons. The fraction of sp³-hybridized carbons (Fsp3) is 0.588. The Morgan fingerprint density at radius 1 is 1.19 bits per heavy atom. The topological polar surface area (TPSA) is 64.3 Å². The lowest BCUT2D eigenvalue weighted by atomic mass is 9.80. The lowest BCUT2D eigenvalue weighted by molar-refractivity contribution is -0.118. The molecule has 3 N–H and O–H groups in total. The quantitative estimate of drug-likeness (QED) is 0.845. The number of nitrogens with two attached hydrogens (primary N) is 1. The molecule has 116 valence electrons. The van der Waals surface area contributed by atoms with Crippen LogP contribution >= 0.6 is 0 Å². The maximum atomic E-state index is 10.7. The van der Waals surface area contributed by atoms with E-state index in [1.807, 2.05) is 24.3 Å². The standard InChI is InChI=1S/C17H26N2O2/c1-12-9-13(2)11-15(10-12)19-14-3-5-16(6-4-14)21-8-7-17(18)20/h3-6,12-13,15,19H,7-11H2,1-2H3,(H2,18,20). The largest absolute Gasteiger partial charge is 0.493 e. The average molecular weight is 290 g/mol. The van der Waals surface area contributed by atoms with Gasteiger partial charge in [0.1, 0.15) is 5.75 Å². The van der Waals surface area contributed by atoms with Crippen LogP contribution in [0.1, 0.15) is 39.5 Å². The molecular formula is C17H26N2O2. The van der Waals surface area contributed by atoms with E-state index in [2.05, 4.69) is 19.2 Å². The zero-order chi connectivity index (χ0) is 15.2.